The zero-order valence-electron chi connectivity index (χ0n) is 15.2. The smallest absolute Gasteiger partial charge is 0.153 e. The van der Waals surface area contributed by atoms with E-state index in [-0.39, 0.29) is 0 Å². The summed E-state index contributed by atoms with van der Waals surface area (Å²) < 4.78 is 28.7. The highest BCUT2D eigenvalue weighted by Gasteiger charge is 2.12. The van der Waals surface area contributed by atoms with Crippen molar-refractivity contribution in [3.8, 4) is 11.1 Å². The highest BCUT2D eigenvalue weighted by molar-refractivity contribution is 6.09. The summed E-state index contributed by atoms with van der Waals surface area (Å²) in [6, 6.07) is 15.7. The minimum atomic E-state index is -1.99. The molecule has 108 valence electrons. The normalized spacial score (nSPS) is 15.4. The molecular formula is C20H17NO. The molecule has 1 atom stereocenters. The molecule has 4 aromatic rings. The van der Waals surface area contributed by atoms with Gasteiger partial charge in [0.1, 0.15) is 5.58 Å². The molecule has 0 amide bonds. The Morgan fingerprint density at radius 3 is 2.73 bits per heavy atom. The summed E-state index contributed by atoms with van der Waals surface area (Å²) in [6.45, 7) is -0.262. The van der Waals surface area contributed by atoms with Gasteiger partial charge in [-0.25, -0.2) is 0 Å². The van der Waals surface area contributed by atoms with Gasteiger partial charge >= 0.3 is 0 Å². The Hall–Kier alpha value is -2.61. The largest absolute Gasteiger partial charge is 0.454 e. The summed E-state index contributed by atoms with van der Waals surface area (Å²) in [4.78, 5) is 4.12. The number of fused-ring (bicyclic) bond motifs is 3. The molecule has 0 radical (unpaired) electrons. The van der Waals surface area contributed by atoms with E-state index in [9.17, 15) is 0 Å². The lowest BCUT2D eigenvalue weighted by atomic mass is 9.98. The molecule has 0 spiro atoms. The molecule has 1 unspecified atom stereocenters. The fraction of sp³-hybridized carbons (Fsp3) is 0.150. The van der Waals surface area contributed by atoms with Gasteiger partial charge in [0.15, 0.2) is 5.58 Å². The predicted molar refractivity (Wildman–Crippen MR) is 91.0 cm³/mol. The monoisotopic (exact) mass is 290 g/mol. The van der Waals surface area contributed by atoms with Crippen LogP contribution in [0.1, 0.15) is 29.4 Å². The Morgan fingerprint density at radius 2 is 1.91 bits per heavy atom. The lowest BCUT2D eigenvalue weighted by Crippen LogP contribution is -1.86. The number of hydrogen-bond donors (Lipinski definition) is 0. The van der Waals surface area contributed by atoms with E-state index in [4.69, 9.17) is 8.53 Å². The quantitative estimate of drug-likeness (QED) is 0.468. The first-order chi connectivity index (χ1) is 11.9. The highest BCUT2D eigenvalue weighted by Crippen LogP contribution is 2.35. The van der Waals surface area contributed by atoms with Gasteiger partial charge in [0.05, 0.1) is 6.20 Å². The van der Waals surface area contributed by atoms with Crippen LogP contribution >= 0.6 is 0 Å². The molecule has 0 fully saturated rings. The van der Waals surface area contributed by atoms with Gasteiger partial charge in [0.2, 0.25) is 0 Å². The summed E-state index contributed by atoms with van der Waals surface area (Å²) in [5, 5.41) is 2.09. The molecule has 0 aliphatic carbocycles. The maximum absolute atomic E-state index is 7.58. The number of nitrogens with zero attached hydrogens (tertiary/aromatic N) is 1. The van der Waals surface area contributed by atoms with E-state index in [2.05, 4.69) is 4.98 Å². The van der Waals surface area contributed by atoms with E-state index in [1.54, 1.807) is 19.3 Å². The average molecular weight is 290 g/mol. The predicted octanol–water partition coefficient (Wildman–Crippen LogP) is 5.77. The Bertz CT molecular complexity index is 1050. The molecule has 2 aromatic carbocycles. The van der Waals surface area contributed by atoms with Gasteiger partial charge in [-0.15, -0.1) is 0 Å². The van der Waals surface area contributed by atoms with Crippen molar-refractivity contribution < 1.29 is 8.53 Å². The molecule has 4 rings (SSSR count). The first-order valence-corrected chi connectivity index (χ1v) is 7.31. The van der Waals surface area contributed by atoms with Crippen molar-refractivity contribution in [1.29, 1.82) is 0 Å². The van der Waals surface area contributed by atoms with Crippen LogP contribution in [0.5, 0.6) is 0 Å². The third-order valence-corrected chi connectivity index (χ3v) is 4.02. The van der Waals surface area contributed by atoms with Crippen LogP contribution in [-0.2, 0) is 0 Å². The van der Waals surface area contributed by atoms with Gasteiger partial charge in [-0.05, 0) is 23.1 Å². The fourth-order valence-corrected chi connectivity index (χ4v) is 2.83. The van der Waals surface area contributed by atoms with Crippen LogP contribution in [0.3, 0.4) is 0 Å². The van der Waals surface area contributed by atoms with Crippen LogP contribution in [0.25, 0.3) is 33.1 Å². The summed E-state index contributed by atoms with van der Waals surface area (Å²) in [7, 11) is 0. The third kappa shape index (κ3) is 2.00. The van der Waals surface area contributed by atoms with Gasteiger partial charge in [-0.1, -0.05) is 56.2 Å². The van der Waals surface area contributed by atoms with Crippen molar-refractivity contribution in [2.45, 2.75) is 19.7 Å². The van der Waals surface area contributed by atoms with Crippen molar-refractivity contribution in [3.63, 3.8) is 0 Å². The van der Waals surface area contributed by atoms with E-state index < -0.39 is 12.8 Å². The SMILES string of the molecule is [2H]C([2H])([2H])C(C)c1ccc(-c2cccc3c2oc2cnccc23)cc1. The Labute approximate surface area is 133 Å². The van der Waals surface area contributed by atoms with Crippen LogP contribution < -0.4 is 0 Å². The Kier molecular flexibility index (Phi) is 2.31. The van der Waals surface area contributed by atoms with Gasteiger partial charge in [-0.3, -0.25) is 4.98 Å². The number of para-hydroxylation sites is 1. The molecule has 2 heteroatoms. The van der Waals surface area contributed by atoms with Crippen molar-refractivity contribution >= 4 is 21.9 Å². The maximum atomic E-state index is 7.58. The number of rotatable bonds is 2. The molecule has 0 aliphatic heterocycles. The minimum Gasteiger partial charge on any atom is -0.454 e. The van der Waals surface area contributed by atoms with Crippen molar-refractivity contribution in [2.24, 2.45) is 0 Å². The van der Waals surface area contributed by atoms with E-state index in [0.29, 0.717) is 0 Å². The molecule has 0 saturated heterocycles. The van der Waals surface area contributed by atoms with Crippen molar-refractivity contribution in [2.75, 3.05) is 0 Å². The molecule has 2 heterocycles. The fourth-order valence-electron chi connectivity index (χ4n) is 2.83. The Balaban J connectivity index is 1.82. The van der Waals surface area contributed by atoms with Crippen molar-refractivity contribution in [1.82, 2.24) is 4.98 Å². The van der Waals surface area contributed by atoms with E-state index >= 15 is 0 Å². The van der Waals surface area contributed by atoms with Crippen LogP contribution in [-0.4, -0.2) is 4.98 Å². The average Bonchev–Trinajstić information content (AvgIpc) is 2.99. The standard InChI is InChI=1S/C20H17NO/c1-13(2)14-6-8-15(9-7-14)16-4-3-5-18-17-10-11-21-12-19(17)22-20(16)18/h3-13H,1-2H3/i1D3. The van der Waals surface area contributed by atoms with E-state index in [1.165, 1.54) is 0 Å². The number of benzene rings is 2. The second kappa shape index (κ2) is 4.99. The molecule has 0 bridgehead atoms. The molecule has 0 aliphatic rings. The van der Waals surface area contributed by atoms with Gasteiger partial charge in [-0.2, -0.15) is 0 Å². The third-order valence-electron chi connectivity index (χ3n) is 4.02. The lowest BCUT2D eigenvalue weighted by Gasteiger charge is -2.07. The number of hydrogen-bond acceptors (Lipinski definition) is 2. The zero-order chi connectivity index (χ0) is 17.6. The highest BCUT2D eigenvalue weighted by atomic mass is 16.3. The van der Waals surface area contributed by atoms with Crippen molar-refractivity contribution in [3.05, 3.63) is 66.5 Å². The van der Waals surface area contributed by atoms with E-state index in [0.717, 1.165) is 38.6 Å². The maximum Gasteiger partial charge on any atom is 0.153 e. The zero-order valence-corrected chi connectivity index (χ0v) is 12.2. The number of aromatic nitrogens is 1. The summed E-state index contributed by atoms with van der Waals surface area (Å²) in [5.41, 5.74) is 4.38. The number of furan rings is 1. The van der Waals surface area contributed by atoms with Gasteiger partial charge < -0.3 is 4.42 Å². The minimum absolute atomic E-state index is 0.491. The summed E-state index contributed by atoms with van der Waals surface area (Å²) in [6.07, 6.45) is 3.48. The molecule has 0 N–H and O–H groups in total. The summed E-state index contributed by atoms with van der Waals surface area (Å²) in [5.74, 6) is -0.491. The number of pyridine rings is 1. The van der Waals surface area contributed by atoms with Crippen LogP contribution in [0, 0.1) is 0 Å². The first-order valence-electron chi connectivity index (χ1n) is 8.81. The molecule has 2 aromatic heterocycles. The molecule has 2 nitrogen and oxygen atoms in total. The molecule has 22 heavy (non-hydrogen) atoms. The summed E-state index contributed by atoms with van der Waals surface area (Å²) >= 11 is 0. The van der Waals surface area contributed by atoms with E-state index in [1.807, 2.05) is 48.5 Å². The van der Waals surface area contributed by atoms with Crippen LogP contribution in [0.4, 0.5) is 0 Å². The molecular weight excluding hydrogens is 270 g/mol. The molecule has 0 saturated carbocycles. The van der Waals surface area contributed by atoms with Gasteiger partial charge in [0, 0.05) is 26.6 Å². The first kappa shape index (κ1) is 10.2. The van der Waals surface area contributed by atoms with Crippen LogP contribution in [0.2, 0.25) is 0 Å². The van der Waals surface area contributed by atoms with Crippen LogP contribution in [0.15, 0.2) is 65.3 Å². The second-order valence-electron chi connectivity index (χ2n) is 5.50. The lowest BCUT2D eigenvalue weighted by molar-refractivity contribution is 0.668. The van der Waals surface area contributed by atoms with Gasteiger partial charge in [0.25, 0.3) is 0 Å². The second-order valence-corrected chi connectivity index (χ2v) is 5.50. The topological polar surface area (TPSA) is 26.0 Å². The Morgan fingerprint density at radius 1 is 1.05 bits per heavy atom.